The monoisotopic (exact) mass is 386 g/mol. The molecule has 1 heterocycles. The largest absolute Gasteiger partial charge is 0.308 e. The minimum absolute atomic E-state index is 0.0292. The lowest BCUT2D eigenvalue weighted by atomic mass is 10.1. The number of aromatic nitrogens is 1. The normalized spacial score (nSPS) is 10.5. The molecule has 0 saturated heterocycles. The third kappa shape index (κ3) is 3.68. The number of carbonyl (C=O) groups is 1. The van der Waals surface area contributed by atoms with Gasteiger partial charge in [0.2, 0.25) is 0 Å². The predicted molar refractivity (Wildman–Crippen MR) is 106 cm³/mol. The fourth-order valence-electron chi connectivity index (χ4n) is 2.55. The summed E-state index contributed by atoms with van der Waals surface area (Å²) >= 11 is 6.55. The van der Waals surface area contributed by atoms with E-state index in [-0.39, 0.29) is 16.4 Å². The summed E-state index contributed by atoms with van der Waals surface area (Å²) in [5.74, 6) is -0.650. The van der Waals surface area contributed by atoms with Crippen LogP contribution in [-0.2, 0) is 0 Å². The molecule has 0 atom stereocenters. The van der Waals surface area contributed by atoms with Gasteiger partial charge in [0, 0.05) is 6.07 Å². The van der Waals surface area contributed by atoms with Crippen molar-refractivity contribution in [2.45, 2.75) is 13.8 Å². The van der Waals surface area contributed by atoms with Crippen LogP contribution in [0.4, 0.5) is 10.8 Å². The molecule has 0 unspecified atom stereocenters. The standard InChI is InChI=1S/C17H14N4O3S2/c1-9-7-10(2)14-13(8-9)26-17(18-14)20-16(25)19-15(22)11-5-3-4-6-12(11)21(23)24/h3-8H,1-2H3,(H2,18,19,20,22,25). The van der Waals surface area contributed by atoms with E-state index < -0.39 is 10.8 Å². The number of benzene rings is 2. The van der Waals surface area contributed by atoms with E-state index in [4.69, 9.17) is 12.2 Å². The molecule has 0 saturated carbocycles. The van der Waals surface area contributed by atoms with Crippen molar-refractivity contribution in [3.8, 4) is 0 Å². The number of thiazole rings is 1. The van der Waals surface area contributed by atoms with Crippen LogP contribution in [0, 0.1) is 24.0 Å². The van der Waals surface area contributed by atoms with E-state index in [0.29, 0.717) is 5.13 Å². The van der Waals surface area contributed by atoms with Gasteiger partial charge in [-0.05, 0) is 49.3 Å². The molecule has 2 N–H and O–H groups in total. The Hall–Kier alpha value is -2.91. The van der Waals surface area contributed by atoms with Crippen LogP contribution in [0.25, 0.3) is 10.2 Å². The SMILES string of the molecule is Cc1cc(C)c2nc(NC(=S)NC(=O)c3ccccc3[N+](=O)[O-])sc2c1. The average Bonchev–Trinajstić information content (AvgIpc) is 2.97. The van der Waals surface area contributed by atoms with E-state index in [1.165, 1.54) is 29.5 Å². The highest BCUT2D eigenvalue weighted by molar-refractivity contribution is 7.80. The molecule has 0 aliphatic heterocycles. The lowest BCUT2D eigenvalue weighted by molar-refractivity contribution is -0.385. The zero-order valence-electron chi connectivity index (χ0n) is 13.9. The zero-order valence-corrected chi connectivity index (χ0v) is 15.5. The highest BCUT2D eigenvalue weighted by atomic mass is 32.1. The van der Waals surface area contributed by atoms with E-state index in [1.54, 1.807) is 6.07 Å². The van der Waals surface area contributed by atoms with Crippen molar-refractivity contribution in [3.05, 3.63) is 63.2 Å². The molecule has 9 heteroatoms. The summed E-state index contributed by atoms with van der Waals surface area (Å²) in [5.41, 5.74) is 2.73. The Kier molecular flexibility index (Phi) is 4.92. The number of nitro groups is 1. The van der Waals surface area contributed by atoms with E-state index in [1.807, 2.05) is 26.0 Å². The molecular weight excluding hydrogens is 372 g/mol. The van der Waals surface area contributed by atoms with Crippen molar-refractivity contribution in [1.82, 2.24) is 10.3 Å². The molecule has 7 nitrogen and oxygen atoms in total. The highest BCUT2D eigenvalue weighted by Gasteiger charge is 2.20. The molecule has 1 amide bonds. The second-order valence-corrected chi connectivity index (χ2v) is 7.07. The number of aryl methyl sites for hydroxylation is 2. The molecule has 0 radical (unpaired) electrons. The van der Waals surface area contributed by atoms with E-state index in [2.05, 4.69) is 15.6 Å². The summed E-state index contributed by atoms with van der Waals surface area (Å²) in [6.07, 6.45) is 0. The molecule has 0 aliphatic rings. The Balaban J connectivity index is 1.76. The lowest BCUT2D eigenvalue weighted by Gasteiger charge is -2.07. The number of thiocarbonyl (C=S) groups is 1. The van der Waals surface area contributed by atoms with Crippen molar-refractivity contribution in [2.75, 3.05) is 5.32 Å². The van der Waals surface area contributed by atoms with Gasteiger partial charge in [0.15, 0.2) is 10.2 Å². The molecule has 132 valence electrons. The minimum atomic E-state index is -0.650. The highest BCUT2D eigenvalue weighted by Crippen LogP contribution is 2.29. The number of nitro benzene ring substituents is 1. The van der Waals surface area contributed by atoms with Gasteiger partial charge in [-0.1, -0.05) is 29.5 Å². The minimum Gasteiger partial charge on any atom is -0.308 e. The van der Waals surface area contributed by atoms with Crippen LogP contribution in [0.1, 0.15) is 21.5 Å². The van der Waals surface area contributed by atoms with Gasteiger partial charge in [0.1, 0.15) is 5.56 Å². The summed E-state index contributed by atoms with van der Waals surface area (Å²) in [5, 5.41) is 16.9. The maximum atomic E-state index is 12.3. The van der Waals surface area contributed by atoms with Crippen LogP contribution >= 0.6 is 23.6 Å². The number of amides is 1. The number of hydrogen-bond donors (Lipinski definition) is 2. The molecular formula is C17H14N4O3S2. The Morgan fingerprint density at radius 2 is 2.00 bits per heavy atom. The van der Waals surface area contributed by atoms with Crippen molar-refractivity contribution >= 4 is 55.6 Å². The Labute approximate surface area is 158 Å². The van der Waals surface area contributed by atoms with Crippen molar-refractivity contribution < 1.29 is 9.72 Å². The summed E-state index contributed by atoms with van der Waals surface area (Å²) in [6, 6.07) is 9.76. The second-order valence-electron chi connectivity index (χ2n) is 5.63. The Morgan fingerprint density at radius 1 is 1.27 bits per heavy atom. The zero-order chi connectivity index (χ0) is 18.8. The van der Waals surface area contributed by atoms with Gasteiger partial charge in [-0.15, -0.1) is 0 Å². The summed E-state index contributed by atoms with van der Waals surface area (Å²) in [4.78, 5) is 27.2. The van der Waals surface area contributed by atoms with E-state index in [0.717, 1.165) is 21.3 Å². The summed E-state index contributed by atoms with van der Waals surface area (Å²) in [6.45, 7) is 3.99. The molecule has 0 fully saturated rings. The van der Waals surface area contributed by atoms with Gasteiger partial charge in [0.25, 0.3) is 11.6 Å². The average molecular weight is 386 g/mol. The fourth-order valence-corrected chi connectivity index (χ4v) is 3.85. The first-order chi connectivity index (χ1) is 12.3. The maximum absolute atomic E-state index is 12.3. The van der Waals surface area contributed by atoms with E-state index >= 15 is 0 Å². The van der Waals surface area contributed by atoms with Crippen LogP contribution in [-0.4, -0.2) is 20.9 Å². The molecule has 0 aliphatic carbocycles. The number of anilines is 1. The maximum Gasteiger partial charge on any atom is 0.282 e. The first-order valence-electron chi connectivity index (χ1n) is 7.58. The fraction of sp³-hybridized carbons (Fsp3) is 0.118. The van der Waals surface area contributed by atoms with Gasteiger partial charge >= 0.3 is 0 Å². The summed E-state index contributed by atoms with van der Waals surface area (Å²) < 4.78 is 1.01. The van der Waals surface area contributed by atoms with Gasteiger partial charge in [-0.25, -0.2) is 4.98 Å². The number of carbonyl (C=O) groups excluding carboxylic acids is 1. The molecule has 3 aromatic rings. The number of fused-ring (bicyclic) bond motifs is 1. The van der Waals surface area contributed by atoms with Crippen LogP contribution in [0.15, 0.2) is 36.4 Å². The van der Waals surface area contributed by atoms with Gasteiger partial charge in [0.05, 0.1) is 15.1 Å². The molecule has 0 spiro atoms. The number of nitrogens with one attached hydrogen (secondary N) is 2. The first kappa shape index (κ1) is 17.9. The van der Waals surface area contributed by atoms with Crippen LogP contribution in [0.5, 0.6) is 0 Å². The number of rotatable bonds is 3. The number of hydrogen-bond acceptors (Lipinski definition) is 6. The van der Waals surface area contributed by atoms with Crippen molar-refractivity contribution in [3.63, 3.8) is 0 Å². The number of nitrogens with zero attached hydrogens (tertiary/aromatic N) is 2. The summed E-state index contributed by atoms with van der Waals surface area (Å²) in [7, 11) is 0. The third-order valence-electron chi connectivity index (χ3n) is 3.62. The molecule has 3 rings (SSSR count). The van der Waals surface area contributed by atoms with Gasteiger partial charge < -0.3 is 5.32 Å². The smallest absolute Gasteiger partial charge is 0.282 e. The lowest BCUT2D eigenvalue weighted by Crippen LogP contribution is -2.34. The van der Waals surface area contributed by atoms with Crippen LogP contribution < -0.4 is 10.6 Å². The number of para-hydroxylation sites is 1. The Bertz CT molecular complexity index is 1050. The van der Waals surface area contributed by atoms with Crippen molar-refractivity contribution in [1.29, 1.82) is 0 Å². The topological polar surface area (TPSA) is 97.2 Å². The quantitative estimate of drug-likeness (QED) is 0.402. The molecule has 26 heavy (non-hydrogen) atoms. The molecule has 2 aromatic carbocycles. The van der Waals surface area contributed by atoms with Crippen molar-refractivity contribution in [2.24, 2.45) is 0 Å². The molecule has 1 aromatic heterocycles. The Morgan fingerprint density at radius 3 is 2.73 bits per heavy atom. The first-order valence-corrected chi connectivity index (χ1v) is 8.81. The third-order valence-corrected chi connectivity index (χ3v) is 4.74. The molecule has 0 bridgehead atoms. The van der Waals surface area contributed by atoms with Gasteiger partial charge in [-0.2, -0.15) is 0 Å². The van der Waals surface area contributed by atoms with Gasteiger partial charge in [-0.3, -0.25) is 20.2 Å². The van der Waals surface area contributed by atoms with E-state index in [9.17, 15) is 14.9 Å². The second kappa shape index (κ2) is 7.14. The van der Waals surface area contributed by atoms with Crippen LogP contribution in [0.3, 0.4) is 0 Å². The predicted octanol–water partition coefficient (Wildman–Crippen LogP) is 3.95. The van der Waals surface area contributed by atoms with Crippen LogP contribution in [0.2, 0.25) is 0 Å².